The number of ketones is 3. The maximum Gasteiger partial charge on any atom is 0.407 e. The van der Waals surface area contributed by atoms with Crippen molar-refractivity contribution in [1.29, 1.82) is 0 Å². The van der Waals surface area contributed by atoms with Crippen molar-refractivity contribution < 1.29 is 58.4 Å². The van der Waals surface area contributed by atoms with Gasteiger partial charge in [-0.1, -0.05) is 62.3 Å². The molecule has 2 atom stereocenters. The fourth-order valence-electron chi connectivity index (χ4n) is 6.06. The Hall–Kier alpha value is -5.12. The van der Waals surface area contributed by atoms with Crippen molar-refractivity contribution in [3.05, 3.63) is 43.9 Å². The number of imide groups is 3. The van der Waals surface area contributed by atoms with Crippen molar-refractivity contribution in [3.8, 4) is 0 Å². The van der Waals surface area contributed by atoms with Gasteiger partial charge in [-0.25, -0.2) is 4.79 Å². The number of amides is 7. The summed E-state index contributed by atoms with van der Waals surface area (Å²) < 4.78 is 5.15. The van der Waals surface area contributed by atoms with Crippen molar-refractivity contribution in [3.63, 3.8) is 0 Å². The molecule has 0 radical (unpaired) electrons. The van der Waals surface area contributed by atoms with Crippen LogP contribution >= 0.6 is 0 Å². The van der Waals surface area contributed by atoms with E-state index in [0.29, 0.717) is 25.8 Å². The molecule has 3 rings (SSSR count). The first kappa shape index (κ1) is 54.9. The molecule has 0 aromatic rings. The molecule has 4 N–H and O–H groups in total. The Morgan fingerprint density at radius 2 is 0.900 bits per heavy atom. The number of Topliss-reactive ketones (excluding diaryl/α,β-unsaturated/α-hetero) is 3. The lowest BCUT2D eigenvalue weighted by atomic mass is 9.88. The van der Waals surface area contributed by atoms with E-state index in [2.05, 4.69) is 11.1 Å². The third-order valence-corrected chi connectivity index (χ3v) is 8.26. The number of nitrogens with one attached hydrogen (secondary N) is 1. The lowest BCUT2D eigenvalue weighted by Gasteiger charge is -2.28. The van der Waals surface area contributed by atoms with Crippen molar-refractivity contribution >= 4 is 58.9 Å². The van der Waals surface area contributed by atoms with E-state index in [-0.39, 0.29) is 97.0 Å². The largest absolute Gasteiger partial charge is 0.444 e. The minimum atomic E-state index is -0.739. The normalized spacial score (nSPS) is 16.2. The van der Waals surface area contributed by atoms with Crippen LogP contribution in [0, 0.1) is 23.7 Å². The number of carbonyl (C=O) groups is 10. The highest BCUT2D eigenvalue weighted by Crippen LogP contribution is 2.23. The van der Waals surface area contributed by atoms with Gasteiger partial charge in [0.1, 0.15) is 23.0 Å². The van der Waals surface area contributed by atoms with Gasteiger partial charge in [-0.15, -0.1) is 0 Å². The maximum atomic E-state index is 12.3. The summed E-state index contributed by atoms with van der Waals surface area (Å²) in [6.45, 7) is 23.4. The molecule has 3 heterocycles. The molecule has 3 aliphatic rings. The van der Waals surface area contributed by atoms with Crippen LogP contribution in [0.1, 0.15) is 122 Å². The van der Waals surface area contributed by atoms with E-state index in [9.17, 15) is 47.9 Å². The van der Waals surface area contributed by atoms with Crippen LogP contribution in [-0.2, 0) is 47.9 Å². The second-order valence-corrected chi connectivity index (χ2v) is 19.4. The molecule has 16 heteroatoms. The number of rotatable bonds is 15. The number of quaternary nitrogens is 1. The van der Waals surface area contributed by atoms with Gasteiger partial charge in [0.05, 0.1) is 18.6 Å². The zero-order valence-corrected chi connectivity index (χ0v) is 38.0. The molecule has 0 saturated heterocycles. The first-order chi connectivity index (χ1) is 26.8. The monoisotopic (exact) mass is 843 g/mol. The van der Waals surface area contributed by atoms with Gasteiger partial charge < -0.3 is 23.2 Å². The lowest BCUT2D eigenvalue weighted by molar-refractivity contribution is -0.376. The molecule has 16 nitrogen and oxygen atoms in total. The Morgan fingerprint density at radius 1 is 0.567 bits per heavy atom. The zero-order valence-electron chi connectivity index (χ0n) is 38.0. The Bertz CT molecular complexity index is 1660. The van der Waals surface area contributed by atoms with Crippen molar-refractivity contribution in [1.82, 2.24) is 20.0 Å². The Kier molecular flexibility index (Phi) is 21.1. The molecule has 0 bridgehead atoms. The maximum absolute atomic E-state index is 12.3. The van der Waals surface area contributed by atoms with E-state index < -0.39 is 35.6 Å². The third-order valence-electron chi connectivity index (χ3n) is 8.26. The van der Waals surface area contributed by atoms with Crippen LogP contribution in [0.25, 0.3) is 0 Å². The number of hydrogen-bond donors (Lipinski definition) is 2. The molecule has 336 valence electrons. The van der Waals surface area contributed by atoms with Crippen LogP contribution in [0.2, 0.25) is 0 Å². The van der Waals surface area contributed by atoms with Gasteiger partial charge in [-0.3, -0.25) is 57.9 Å². The summed E-state index contributed by atoms with van der Waals surface area (Å²) in [5.41, 5.74) is 2.73. The molecular weight excluding hydrogens is 775 g/mol. The van der Waals surface area contributed by atoms with Crippen LogP contribution in [0.15, 0.2) is 36.5 Å². The number of alkyl carbamates (subject to hydrolysis) is 1. The van der Waals surface area contributed by atoms with E-state index in [0.717, 1.165) is 26.9 Å². The first-order valence-corrected chi connectivity index (χ1v) is 19.8. The second-order valence-electron chi connectivity index (χ2n) is 19.4. The van der Waals surface area contributed by atoms with Gasteiger partial charge in [-0.05, 0) is 37.0 Å². The van der Waals surface area contributed by atoms with Gasteiger partial charge in [-0.2, -0.15) is 0 Å². The molecule has 0 aromatic heterocycles. The lowest BCUT2D eigenvalue weighted by Crippen LogP contribution is -2.61. The summed E-state index contributed by atoms with van der Waals surface area (Å²) in [4.78, 5) is 120. The molecular formula is C44H69N5O11. The number of nitrogens with zero attached hydrogens (tertiary/aromatic N) is 3. The highest BCUT2D eigenvalue weighted by molar-refractivity contribution is 6.14. The molecule has 3 aliphatic heterocycles. The second kappa shape index (κ2) is 23.0. The number of hydrogen-bond acceptors (Lipinski definition) is 11. The molecule has 0 spiro atoms. The quantitative estimate of drug-likeness (QED) is 0.178. The highest BCUT2D eigenvalue weighted by atomic mass is 16.6. The van der Waals surface area contributed by atoms with Gasteiger partial charge in [0.25, 0.3) is 35.4 Å². The Morgan fingerprint density at radius 3 is 1.25 bits per heavy atom. The third kappa shape index (κ3) is 21.2. The topological polar surface area (TPSA) is 229 Å². The molecule has 60 heavy (non-hydrogen) atoms. The molecule has 7 amide bonds. The van der Waals surface area contributed by atoms with E-state index >= 15 is 0 Å². The zero-order chi connectivity index (χ0) is 45.7. The first-order valence-electron chi connectivity index (χ1n) is 19.8. The van der Waals surface area contributed by atoms with Crippen molar-refractivity contribution in [2.45, 2.75) is 139 Å². The fraction of sp³-hybridized carbons (Fsp3) is 0.614. The van der Waals surface area contributed by atoms with Crippen LogP contribution in [0.4, 0.5) is 4.79 Å². The van der Waals surface area contributed by atoms with Gasteiger partial charge >= 0.3 is 6.09 Å². The minimum absolute atomic E-state index is 0. The number of carbonyl (C=O) groups excluding carboxylic acids is 10. The van der Waals surface area contributed by atoms with Crippen LogP contribution in [-0.4, -0.2) is 111 Å². The average molecular weight is 844 g/mol. The number of ether oxygens (including phenoxy) is 1. The van der Waals surface area contributed by atoms with Gasteiger partial charge in [0.2, 0.25) is 0 Å². The summed E-state index contributed by atoms with van der Waals surface area (Å²) in [6, 6.07) is -1.16. The molecule has 2 unspecified atom stereocenters. The molecule has 0 aliphatic carbocycles. The van der Waals surface area contributed by atoms with Crippen LogP contribution < -0.4 is 11.1 Å². The van der Waals surface area contributed by atoms with Crippen molar-refractivity contribution in [2.24, 2.45) is 16.2 Å². The predicted molar refractivity (Wildman–Crippen MR) is 225 cm³/mol. The SMILES string of the molecule is CC(C)(C)CC(=O)CC(CNC(=O)OC(C)(C)C)N1C(=O)C=CC1=O.CC(C)(C)CC(=O)CC(C[NH3+])N1C(=O)C=CC1=O.CC(C)(C)CC(=O)CCN1C(=O)C=CC1=O.[CH3-]. The molecule has 0 aromatic carbocycles. The van der Waals surface area contributed by atoms with E-state index in [4.69, 9.17) is 4.74 Å². The highest BCUT2D eigenvalue weighted by Gasteiger charge is 2.35. The van der Waals surface area contributed by atoms with E-state index in [1.807, 2.05) is 62.3 Å². The Labute approximate surface area is 355 Å². The van der Waals surface area contributed by atoms with Gasteiger partial charge in [0, 0.05) is 88.1 Å². The van der Waals surface area contributed by atoms with Crippen LogP contribution in [0.3, 0.4) is 0 Å². The van der Waals surface area contributed by atoms with E-state index in [1.165, 1.54) is 24.3 Å². The standard InChI is InChI=1S/C18H28N2O5.C13H20N2O3.C12H17NO3.CH3/c1-17(2,3)10-13(21)9-12(20-14(22)7-8-15(20)23)11-19-16(24)25-18(4,5)6;1-13(2,3)7-10(16)6-9(8-14)15-11(17)4-5-12(15)18;1-12(2,3)8-9(14)6-7-13-10(15)4-5-11(13)16;/h7-8,12H,9-11H2,1-6H3,(H,19,24);4-5,9H,6-8,14H2,1-3H3;4-5H,6-8H2,1-3H3;1H3/q;;;-1/p+1. The minimum Gasteiger partial charge on any atom is -0.444 e. The average Bonchev–Trinajstić information content (AvgIpc) is 3.68. The molecule has 0 saturated carbocycles. The summed E-state index contributed by atoms with van der Waals surface area (Å²) >= 11 is 0. The van der Waals surface area contributed by atoms with Crippen LogP contribution in [0.5, 0.6) is 0 Å². The summed E-state index contributed by atoms with van der Waals surface area (Å²) in [5.74, 6) is -2.25. The summed E-state index contributed by atoms with van der Waals surface area (Å²) in [7, 11) is 0. The summed E-state index contributed by atoms with van der Waals surface area (Å²) in [6.07, 6.45) is 8.26. The molecule has 0 fully saturated rings. The Balaban J connectivity index is 0.000000889. The van der Waals surface area contributed by atoms with E-state index in [1.54, 1.807) is 20.8 Å². The fourth-order valence-corrected chi connectivity index (χ4v) is 6.06. The van der Waals surface area contributed by atoms with Gasteiger partial charge in [0.15, 0.2) is 0 Å². The smallest absolute Gasteiger partial charge is 0.407 e. The summed E-state index contributed by atoms with van der Waals surface area (Å²) in [5, 5.41) is 2.54. The van der Waals surface area contributed by atoms with Crippen molar-refractivity contribution in [2.75, 3.05) is 19.6 Å². The predicted octanol–water partition coefficient (Wildman–Crippen LogP) is 3.87.